The predicted octanol–water partition coefficient (Wildman–Crippen LogP) is 3.53. The zero-order valence-electron chi connectivity index (χ0n) is 17.1. The molecule has 0 spiro atoms. The molecule has 0 aliphatic heterocycles. The number of carbonyl (C=O) groups is 2. The number of amides is 2. The molecule has 0 radical (unpaired) electrons. The first-order valence-electron chi connectivity index (χ1n) is 9.65. The maximum atomic E-state index is 12.3. The third-order valence-corrected chi connectivity index (χ3v) is 4.03. The van der Waals surface area contributed by atoms with Gasteiger partial charge >= 0.3 is 12.0 Å². The standard InChI is InChI=1S/C22H29N3O4/c1-22(2,3)29-19-11-9-17(14-23-19)15-24-21(28)25-18(10-12-20(26)27)13-16-7-5-4-6-8-16/h4-9,11,14,18H,10,12-13,15H2,1-3H3,(H,26,27)(H2,24,25,28). The van der Waals surface area contributed by atoms with Crippen LogP contribution in [0.3, 0.4) is 0 Å². The zero-order chi connectivity index (χ0) is 21.3. The number of aromatic nitrogens is 1. The summed E-state index contributed by atoms with van der Waals surface area (Å²) in [5, 5.41) is 14.6. The Morgan fingerprint density at radius 3 is 2.41 bits per heavy atom. The van der Waals surface area contributed by atoms with Gasteiger partial charge < -0.3 is 20.5 Å². The van der Waals surface area contributed by atoms with Gasteiger partial charge in [-0.05, 0) is 44.7 Å². The summed E-state index contributed by atoms with van der Waals surface area (Å²) in [5.41, 5.74) is 1.56. The summed E-state index contributed by atoms with van der Waals surface area (Å²) >= 11 is 0. The van der Waals surface area contributed by atoms with E-state index in [0.717, 1.165) is 11.1 Å². The number of benzene rings is 1. The molecule has 7 heteroatoms. The lowest BCUT2D eigenvalue weighted by atomic mass is 10.0. The summed E-state index contributed by atoms with van der Waals surface area (Å²) in [5.74, 6) is -0.351. The largest absolute Gasteiger partial charge is 0.481 e. The number of carbonyl (C=O) groups excluding carboxylic acids is 1. The van der Waals surface area contributed by atoms with Gasteiger partial charge in [0.2, 0.25) is 5.88 Å². The van der Waals surface area contributed by atoms with E-state index in [-0.39, 0.29) is 24.1 Å². The second kappa shape index (κ2) is 10.5. The topological polar surface area (TPSA) is 101 Å². The highest BCUT2D eigenvalue weighted by Gasteiger charge is 2.15. The van der Waals surface area contributed by atoms with Crippen molar-refractivity contribution in [3.05, 3.63) is 59.8 Å². The molecule has 0 aliphatic rings. The summed E-state index contributed by atoms with van der Waals surface area (Å²) in [6.07, 6.45) is 2.59. The van der Waals surface area contributed by atoms with E-state index >= 15 is 0 Å². The molecule has 0 saturated heterocycles. The molecule has 1 unspecified atom stereocenters. The number of hydrogen-bond acceptors (Lipinski definition) is 4. The highest BCUT2D eigenvalue weighted by molar-refractivity contribution is 5.74. The fourth-order valence-electron chi connectivity index (χ4n) is 2.73. The molecule has 0 bridgehead atoms. The van der Waals surface area contributed by atoms with E-state index in [1.807, 2.05) is 57.2 Å². The molecule has 2 amide bonds. The number of urea groups is 1. The lowest BCUT2D eigenvalue weighted by Gasteiger charge is -2.20. The van der Waals surface area contributed by atoms with Crippen LogP contribution in [-0.4, -0.2) is 33.7 Å². The van der Waals surface area contributed by atoms with E-state index in [4.69, 9.17) is 9.84 Å². The van der Waals surface area contributed by atoms with Crippen LogP contribution in [0.15, 0.2) is 48.7 Å². The average Bonchev–Trinajstić information content (AvgIpc) is 2.65. The Morgan fingerprint density at radius 2 is 1.83 bits per heavy atom. The quantitative estimate of drug-likeness (QED) is 0.599. The Kier molecular flexibility index (Phi) is 8.00. The monoisotopic (exact) mass is 399 g/mol. The number of pyridine rings is 1. The zero-order valence-corrected chi connectivity index (χ0v) is 17.1. The first kappa shape index (κ1) is 22.2. The highest BCUT2D eigenvalue weighted by Crippen LogP contribution is 2.15. The van der Waals surface area contributed by atoms with E-state index in [9.17, 15) is 9.59 Å². The summed E-state index contributed by atoms with van der Waals surface area (Å²) in [4.78, 5) is 27.5. The van der Waals surface area contributed by atoms with Gasteiger partial charge in [-0.1, -0.05) is 36.4 Å². The minimum atomic E-state index is -0.881. The van der Waals surface area contributed by atoms with Crippen molar-refractivity contribution in [3.8, 4) is 5.88 Å². The van der Waals surface area contributed by atoms with E-state index in [2.05, 4.69) is 15.6 Å². The van der Waals surface area contributed by atoms with Crippen molar-refractivity contribution in [2.75, 3.05) is 0 Å². The van der Waals surface area contributed by atoms with E-state index in [1.54, 1.807) is 12.3 Å². The third-order valence-electron chi connectivity index (χ3n) is 4.03. The molecule has 156 valence electrons. The minimum absolute atomic E-state index is 0.00304. The molecule has 2 rings (SSSR count). The number of aliphatic carboxylic acids is 1. The number of carboxylic acid groups (broad SMARTS) is 1. The van der Waals surface area contributed by atoms with Crippen LogP contribution in [0.5, 0.6) is 5.88 Å². The van der Waals surface area contributed by atoms with Gasteiger partial charge in [-0.25, -0.2) is 9.78 Å². The van der Waals surface area contributed by atoms with E-state index < -0.39 is 5.97 Å². The van der Waals surface area contributed by atoms with Crippen LogP contribution in [0.1, 0.15) is 44.7 Å². The molecule has 2 aromatic rings. The second-order valence-corrected chi connectivity index (χ2v) is 7.87. The van der Waals surface area contributed by atoms with Gasteiger partial charge in [0.1, 0.15) is 5.60 Å². The van der Waals surface area contributed by atoms with Crippen molar-refractivity contribution < 1.29 is 19.4 Å². The van der Waals surface area contributed by atoms with Gasteiger partial charge in [0.15, 0.2) is 0 Å². The van der Waals surface area contributed by atoms with Gasteiger partial charge in [-0.15, -0.1) is 0 Å². The Morgan fingerprint density at radius 1 is 1.10 bits per heavy atom. The number of ether oxygens (including phenoxy) is 1. The van der Waals surface area contributed by atoms with Gasteiger partial charge in [-0.2, -0.15) is 0 Å². The molecule has 1 aromatic carbocycles. The number of carboxylic acids is 1. The van der Waals surface area contributed by atoms with E-state index in [0.29, 0.717) is 25.3 Å². The van der Waals surface area contributed by atoms with Crippen LogP contribution in [0.25, 0.3) is 0 Å². The lowest BCUT2D eigenvalue weighted by molar-refractivity contribution is -0.137. The van der Waals surface area contributed by atoms with Gasteiger partial charge in [0, 0.05) is 31.3 Å². The van der Waals surface area contributed by atoms with Crippen LogP contribution in [0.2, 0.25) is 0 Å². The van der Waals surface area contributed by atoms with Gasteiger partial charge in [0.05, 0.1) is 0 Å². The molecule has 3 N–H and O–H groups in total. The Labute approximate surface area is 171 Å². The molecule has 1 atom stereocenters. The van der Waals surface area contributed by atoms with Crippen LogP contribution in [-0.2, 0) is 17.8 Å². The summed E-state index contributed by atoms with van der Waals surface area (Å²) in [7, 11) is 0. The fraction of sp³-hybridized carbons (Fsp3) is 0.409. The Bertz CT molecular complexity index is 786. The molecule has 0 aliphatic carbocycles. The molecule has 1 heterocycles. The molecule has 0 saturated carbocycles. The van der Waals surface area contributed by atoms with Crippen molar-refractivity contribution in [2.45, 2.75) is 58.2 Å². The first-order valence-corrected chi connectivity index (χ1v) is 9.65. The Hall–Kier alpha value is -3.09. The SMILES string of the molecule is CC(C)(C)Oc1ccc(CNC(=O)NC(CCC(=O)O)Cc2ccccc2)cn1. The van der Waals surface area contributed by atoms with Crippen LogP contribution in [0.4, 0.5) is 4.79 Å². The van der Waals surface area contributed by atoms with Crippen LogP contribution < -0.4 is 15.4 Å². The minimum Gasteiger partial charge on any atom is -0.481 e. The van der Waals surface area contributed by atoms with Crippen LogP contribution in [0, 0.1) is 0 Å². The average molecular weight is 399 g/mol. The van der Waals surface area contributed by atoms with E-state index in [1.165, 1.54) is 0 Å². The molecule has 0 fully saturated rings. The van der Waals surface area contributed by atoms with Crippen LogP contribution >= 0.6 is 0 Å². The maximum Gasteiger partial charge on any atom is 0.315 e. The third kappa shape index (κ3) is 9.10. The lowest BCUT2D eigenvalue weighted by Crippen LogP contribution is -2.43. The van der Waals surface area contributed by atoms with Gasteiger partial charge in [-0.3, -0.25) is 4.79 Å². The number of hydrogen-bond donors (Lipinski definition) is 3. The molecule has 29 heavy (non-hydrogen) atoms. The predicted molar refractivity (Wildman–Crippen MR) is 111 cm³/mol. The normalized spacial score (nSPS) is 12.1. The van der Waals surface area contributed by atoms with Crippen molar-refractivity contribution in [3.63, 3.8) is 0 Å². The summed E-state index contributed by atoms with van der Waals surface area (Å²) < 4.78 is 5.68. The van der Waals surface area contributed by atoms with Crippen molar-refractivity contribution >= 4 is 12.0 Å². The number of nitrogens with zero attached hydrogens (tertiary/aromatic N) is 1. The molecular weight excluding hydrogens is 370 g/mol. The van der Waals surface area contributed by atoms with Crippen molar-refractivity contribution in [1.29, 1.82) is 0 Å². The molecule has 7 nitrogen and oxygen atoms in total. The molecule has 1 aromatic heterocycles. The maximum absolute atomic E-state index is 12.3. The smallest absolute Gasteiger partial charge is 0.315 e. The summed E-state index contributed by atoms with van der Waals surface area (Å²) in [6.45, 7) is 6.16. The van der Waals surface area contributed by atoms with Gasteiger partial charge in [0.25, 0.3) is 0 Å². The fourth-order valence-corrected chi connectivity index (χ4v) is 2.73. The van der Waals surface area contributed by atoms with Crippen molar-refractivity contribution in [2.24, 2.45) is 0 Å². The number of rotatable bonds is 9. The van der Waals surface area contributed by atoms with Crippen molar-refractivity contribution in [1.82, 2.24) is 15.6 Å². The summed E-state index contributed by atoms with van der Waals surface area (Å²) in [6, 6.07) is 12.7. The Balaban J connectivity index is 1.87. The second-order valence-electron chi connectivity index (χ2n) is 7.87. The number of nitrogens with one attached hydrogen (secondary N) is 2. The highest BCUT2D eigenvalue weighted by atomic mass is 16.5. The first-order chi connectivity index (χ1) is 13.7. The molecular formula is C22H29N3O4.